The van der Waals surface area contributed by atoms with Crippen molar-refractivity contribution in [3.8, 4) is 5.88 Å². The molecular weight excluding hydrogens is 323 g/mol. The van der Waals surface area contributed by atoms with E-state index in [4.69, 9.17) is 0 Å². The lowest BCUT2D eigenvalue weighted by Gasteiger charge is -2.21. The first kappa shape index (κ1) is 18.5. The zero-order valence-corrected chi connectivity index (χ0v) is 13.7. The van der Waals surface area contributed by atoms with Crippen molar-refractivity contribution in [1.82, 2.24) is 14.8 Å². The molecule has 1 amide bonds. The van der Waals surface area contributed by atoms with E-state index in [9.17, 15) is 18.0 Å². The third kappa shape index (κ3) is 5.67. The zero-order valence-electron chi connectivity index (χ0n) is 13.7. The summed E-state index contributed by atoms with van der Waals surface area (Å²) in [6.45, 7) is 4.87. The van der Waals surface area contributed by atoms with Crippen molar-refractivity contribution in [2.45, 2.75) is 25.9 Å². The Balaban J connectivity index is 1.92. The highest BCUT2D eigenvalue weighted by Crippen LogP contribution is 2.17. The third-order valence-electron chi connectivity index (χ3n) is 3.78. The molecule has 0 saturated carbocycles. The molecule has 0 bridgehead atoms. The minimum atomic E-state index is -4.41. The maximum Gasteiger partial charge on any atom is 0.422 e. The second-order valence-electron chi connectivity index (χ2n) is 5.78. The molecule has 1 saturated heterocycles. The van der Waals surface area contributed by atoms with Gasteiger partial charge in [0.15, 0.2) is 6.61 Å². The number of alkyl halides is 3. The van der Waals surface area contributed by atoms with Gasteiger partial charge in [-0.25, -0.2) is 4.98 Å². The van der Waals surface area contributed by atoms with Crippen LogP contribution in [0.3, 0.4) is 0 Å². The highest BCUT2D eigenvalue weighted by Gasteiger charge is 2.28. The van der Waals surface area contributed by atoms with Crippen molar-refractivity contribution in [2.75, 3.05) is 39.3 Å². The number of amides is 1. The molecule has 0 aromatic carbocycles. The fourth-order valence-corrected chi connectivity index (χ4v) is 2.64. The van der Waals surface area contributed by atoms with Gasteiger partial charge in [-0.2, -0.15) is 13.2 Å². The number of pyridine rings is 1. The Morgan fingerprint density at radius 2 is 2.04 bits per heavy atom. The number of nitrogens with zero attached hydrogens (tertiary/aromatic N) is 3. The summed E-state index contributed by atoms with van der Waals surface area (Å²) in [5.74, 6) is -0.294. The van der Waals surface area contributed by atoms with Crippen LogP contribution in [0.15, 0.2) is 18.3 Å². The van der Waals surface area contributed by atoms with Crippen LogP contribution < -0.4 is 4.74 Å². The molecule has 0 aliphatic carbocycles. The largest absolute Gasteiger partial charge is 0.468 e. The zero-order chi connectivity index (χ0) is 17.6. The standard InChI is InChI=1S/C16H22F3N3O2/c1-2-6-21-7-3-8-22(10-9-21)15(23)13-4-5-14(20-11-13)24-12-16(17,18)19/h4-5,11H,2-3,6-10,12H2,1H3. The lowest BCUT2D eigenvalue weighted by molar-refractivity contribution is -0.154. The van der Waals surface area contributed by atoms with Crippen LogP contribution in [0.4, 0.5) is 13.2 Å². The van der Waals surface area contributed by atoms with Gasteiger partial charge in [0.2, 0.25) is 5.88 Å². The van der Waals surface area contributed by atoms with Crippen LogP contribution in [0.5, 0.6) is 5.88 Å². The van der Waals surface area contributed by atoms with E-state index in [1.165, 1.54) is 18.3 Å². The molecule has 1 aliphatic heterocycles. The van der Waals surface area contributed by atoms with Crippen molar-refractivity contribution in [3.05, 3.63) is 23.9 Å². The summed E-state index contributed by atoms with van der Waals surface area (Å²) in [5.41, 5.74) is 0.360. The van der Waals surface area contributed by atoms with Gasteiger partial charge >= 0.3 is 6.18 Å². The molecule has 0 atom stereocenters. The number of ether oxygens (including phenoxy) is 1. The molecule has 0 unspecified atom stereocenters. The molecule has 1 aromatic rings. The smallest absolute Gasteiger partial charge is 0.422 e. The SMILES string of the molecule is CCCN1CCCN(C(=O)c2ccc(OCC(F)(F)F)nc2)CC1. The van der Waals surface area contributed by atoms with E-state index in [1.54, 1.807) is 4.90 Å². The molecule has 0 radical (unpaired) electrons. The van der Waals surface area contributed by atoms with Gasteiger partial charge in [0.05, 0.1) is 5.56 Å². The van der Waals surface area contributed by atoms with Crippen LogP contribution >= 0.6 is 0 Å². The first-order valence-electron chi connectivity index (χ1n) is 8.06. The molecule has 2 rings (SSSR count). The van der Waals surface area contributed by atoms with Crippen molar-refractivity contribution < 1.29 is 22.7 Å². The number of hydrogen-bond donors (Lipinski definition) is 0. The van der Waals surface area contributed by atoms with Gasteiger partial charge in [-0.15, -0.1) is 0 Å². The van der Waals surface area contributed by atoms with Crippen LogP contribution in [0.1, 0.15) is 30.1 Å². The number of hydrogen-bond acceptors (Lipinski definition) is 4. The van der Waals surface area contributed by atoms with Crippen LogP contribution in [0, 0.1) is 0 Å². The second kappa shape index (κ2) is 8.32. The monoisotopic (exact) mass is 345 g/mol. The van der Waals surface area contributed by atoms with Gasteiger partial charge in [0, 0.05) is 31.9 Å². The number of aromatic nitrogens is 1. The lowest BCUT2D eigenvalue weighted by atomic mass is 10.2. The van der Waals surface area contributed by atoms with Crippen LogP contribution in [-0.4, -0.2) is 66.2 Å². The summed E-state index contributed by atoms with van der Waals surface area (Å²) in [7, 11) is 0. The maximum atomic E-state index is 12.5. The minimum absolute atomic E-state index is 0.145. The Kier molecular flexibility index (Phi) is 6.42. The molecule has 8 heteroatoms. The molecule has 0 spiro atoms. The summed E-state index contributed by atoms with van der Waals surface area (Å²) in [5, 5.41) is 0. The average Bonchev–Trinajstić information content (AvgIpc) is 2.78. The molecular formula is C16H22F3N3O2. The third-order valence-corrected chi connectivity index (χ3v) is 3.78. The van der Waals surface area contributed by atoms with Crippen molar-refractivity contribution >= 4 is 5.91 Å². The summed E-state index contributed by atoms with van der Waals surface area (Å²) in [6, 6.07) is 2.75. The normalized spacial score (nSPS) is 16.8. The van der Waals surface area contributed by atoms with Gasteiger partial charge < -0.3 is 14.5 Å². The Morgan fingerprint density at radius 1 is 1.25 bits per heavy atom. The van der Waals surface area contributed by atoms with Gasteiger partial charge in [-0.05, 0) is 32.0 Å². The van der Waals surface area contributed by atoms with Gasteiger partial charge in [0.1, 0.15) is 0 Å². The minimum Gasteiger partial charge on any atom is -0.468 e. The summed E-state index contributed by atoms with van der Waals surface area (Å²) >= 11 is 0. The van der Waals surface area contributed by atoms with E-state index in [-0.39, 0.29) is 11.8 Å². The van der Waals surface area contributed by atoms with Gasteiger partial charge in [-0.3, -0.25) is 4.79 Å². The number of halogens is 3. The lowest BCUT2D eigenvalue weighted by Crippen LogP contribution is -2.35. The second-order valence-corrected chi connectivity index (χ2v) is 5.78. The highest BCUT2D eigenvalue weighted by atomic mass is 19.4. The highest BCUT2D eigenvalue weighted by molar-refractivity contribution is 5.94. The van der Waals surface area contributed by atoms with Crippen molar-refractivity contribution in [1.29, 1.82) is 0 Å². The molecule has 24 heavy (non-hydrogen) atoms. The van der Waals surface area contributed by atoms with E-state index >= 15 is 0 Å². The quantitative estimate of drug-likeness (QED) is 0.823. The molecule has 2 heterocycles. The summed E-state index contributed by atoms with van der Waals surface area (Å²) in [6.07, 6.45) is -1.15. The van der Waals surface area contributed by atoms with Gasteiger partial charge in [0.25, 0.3) is 5.91 Å². The Hall–Kier alpha value is -1.83. The maximum absolute atomic E-state index is 12.5. The molecule has 5 nitrogen and oxygen atoms in total. The molecule has 1 aromatic heterocycles. The first-order chi connectivity index (χ1) is 11.4. The van der Waals surface area contributed by atoms with E-state index in [1.807, 2.05) is 0 Å². The van der Waals surface area contributed by atoms with E-state index in [2.05, 4.69) is 21.5 Å². The van der Waals surface area contributed by atoms with E-state index in [0.717, 1.165) is 32.5 Å². The Labute approximate surface area is 139 Å². The summed E-state index contributed by atoms with van der Waals surface area (Å²) in [4.78, 5) is 20.4. The Bertz CT molecular complexity index is 534. The van der Waals surface area contributed by atoms with Crippen molar-refractivity contribution in [2.24, 2.45) is 0 Å². The average molecular weight is 345 g/mol. The summed E-state index contributed by atoms with van der Waals surface area (Å²) < 4.78 is 40.8. The first-order valence-corrected chi connectivity index (χ1v) is 8.06. The molecule has 134 valence electrons. The fourth-order valence-electron chi connectivity index (χ4n) is 2.64. The topological polar surface area (TPSA) is 45.7 Å². The molecule has 1 fully saturated rings. The number of carbonyl (C=O) groups excluding carboxylic acids is 1. The fraction of sp³-hybridized carbons (Fsp3) is 0.625. The van der Waals surface area contributed by atoms with E-state index in [0.29, 0.717) is 18.7 Å². The van der Waals surface area contributed by atoms with Crippen molar-refractivity contribution in [3.63, 3.8) is 0 Å². The number of rotatable bonds is 5. The predicted molar refractivity (Wildman–Crippen MR) is 83.0 cm³/mol. The van der Waals surface area contributed by atoms with Crippen LogP contribution in [-0.2, 0) is 0 Å². The van der Waals surface area contributed by atoms with E-state index < -0.39 is 12.8 Å². The van der Waals surface area contributed by atoms with Crippen LogP contribution in [0.2, 0.25) is 0 Å². The molecule has 0 N–H and O–H groups in total. The Morgan fingerprint density at radius 3 is 2.67 bits per heavy atom. The van der Waals surface area contributed by atoms with Crippen LogP contribution in [0.25, 0.3) is 0 Å². The number of carbonyl (C=O) groups is 1. The molecule has 1 aliphatic rings. The predicted octanol–water partition coefficient (Wildman–Crippen LogP) is 2.58. The van der Waals surface area contributed by atoms with Gasteiger partial charge in [-0.1, -0.05) is 6.92 Å².